The van der Waals surface area contributed by atoms with Gasteiger partial charge >= 0.3 is 17.9 Å². The fourth-order valence-electron chi connectivity index (χ4n) is 0.850. The van der Waals surface area contributed by atoms with Crippen LogP contribution in [0.4, 0.5) is 0 Å². The molecule has 0 unspecified atom stereocenters. The molecule has 0 radical (unpaired) electrons. The minimum absolute atomic E-state index is 0.747. The van der Waals surface area contributed by atoms with E-state index in [2.05, 4.69) is 0 Å². The van der Waals surface area contributed by atoms with E-state index in [0.29, 0.717) is 0 Å². The lowest BCUT2D eigenvalue weighted by molar-refractivity contribution is -0.174. The van der Waals surface area contributed by atoms with E-state index in [1.807, 2.05) is 0 Å². The van der Waals surface area contributed by atoms with Crippen molar-refractivity contribution in [3.63, 3.8) is 0 Å². The van der Waals surface area contributed by atoms with Crippen molar-refractivity contribution in [2.75, 3.05) is 0 Å². The molecule has 0 bridgehead atoms. The molecule has 7 nitrogen and oxygen atoms in total. The number of carboxylic acids is 3. The van der Waals surface area contributed by atoms with E-state index in [1.54, 1.807) is 0 Å². The molecule has 0 aliphatic carbocycles. The van der Waals surface area contributed by atoms with Gasteiger partial charge in [-0.05, 0) is 6.92 Å². The third-order valence-corrected chi connectivity index (χ3v) is 1.79. The van der Waals surface area contributed by atoms with Gasteiger partial charge in [-0.2, -0.15) is 0 Å². The number of aliphatic hydroxyl groups is 1. The van der Waals surface area contributed by atoms with Crippen molar-refractivity contribution < 1.29 is 34.8 Å². The Morgan fingerprint density at radius 2 is 1.64 bits per heavy atom. The summed E-state index contributed by atoms with van der Waals surface area (Å²) in [5, 5.41) is 34.5. The van der Waals surface area contributed by atoms with Gasteiger partial charge < -0.3 is 20.4 Å². The second-order valence-corrected chi connectivity index (χ2v) is 2.94. The van der Waals surface area contributed by atoms with Gasteiger partial charge in [-0.25, -0.2) is 4.79 Å². The van der Waals surface area contributed by atoms with Crippen LogP contribution in [0.5, 0.6) is 0 Å². The molecule has 14 heavy (non-hydrogen) atoms. The van der Waals surface area contributed by atoms with Crippen LogP contribution in [0.1, 0.15) is 13.3 Å². The second kappa shape index (κ2) is 4.05. The van der Waals surface area contributed by atoms with Crippen LogP contribution in [0.25, 0.3) is 0 Å². The van der Waals surface area contributed by atoms with Crippen molar-refractivity contribution in [2.45, 2.75) is 18.9 Å². The van der Waals surface area contributed by atoms with Crippen LogP contribution in [0.2, 0.25) is 0 Å². The first kappa shape index (κ1) is 12.4. The lowest BCUT2D eigenvalue weighted by atomic mass is 9.86. The van der Waals surface area contributed by atoms with Crippen LogP contribution in [-0.4, -0.2) is 43.9 Å². The number of hydrogen-bond donors (Lipinski definition) is 4. The minimum Gasteiger partial charge on any atom is -0.481 e. The average Bonchev–Trinajstić information content (AvgIpc) is 1.98. The molecule has 0 rings (SSSR count). The van der Waals surface area contributed by atoms with Gasteiger partial charge in [0.1, 0.15) is 5.92 Å². The molecule has 0 aliphatic heterocycles. The highest BCUT2D eigenvalue weighted by Gasteiger charge is 2.45. The Morgan fingerprint density at radius 1 is 1.21 bits per heavy atom. The number of carbonyl (C=O) groups is 3. The number of carboxylic acid groups (broad SMARTS) is 3. The van der Waals surface area contributed by atoms with E-state index in [0.717, 1.165) is 6.92 Å². The summed E-state index contributed by atoms with van der Waals surface area (Å²) in [6.45, 7) is 0.747. The number of aliphatic carboxylic acids is 3. The average molecular weight is 206 g/mol. The van der Waals surface area contributed by atoms with Crippen LogP contribution in [0, 0.1) is 5.92 Å². The van der Waals surface area contributed by atoms with Gasteiger partial charge in [0.25, 0.3) is 0 Å². The Morgan fingerprint density at radius 3 is 1.86 bits per heavy atom. The maximum absolute atomic E-state index is 10.5. The molecule has 0 saturated heterocycles. The van der Waals surface area contributed by atoms with Crippen LogP contribution in [0.15, 0.2) is 0 Å². The molecule has 0 aromatic carbocycles. The van der Waals surface area contributed by atoms with Gasteiger partial charge in [-0.1, -0.05) is 0 Å². The minimum atomic E-state index is -2.59. The first-order chi connectivity index (χ1) is 6.19. The molecule has 2 atom stereocenters. The van der Waals surface area contributed by atoms with Crippen LogP contribution < -0.4 is 0 Å². The zero-order valence-electron chi connectivity index (χ0n) is 7.30. The molecule has 4 N–H and O–H groups in total. The van der Waals surface area contributed by atoms with Gasteiger partial charge in [-0.15, -0.1) is 0 Å². The van der Waals surface area contributed by atoms with E-state index in [-0.39, 0.29) is 0 Å². The van der Waals surface area contributed by atoms with E-state index in [9.17, 15) is 19.5 Å². The smallest absolute Gasteiger partial charge is 0.336 e. The molecule has 0 aromatic heterocycles. The van der Waals surface area contributed by atoms with Crippen LogP contribution >= 0.6 is 0 Å². The van der Waals surface area contributed by atoms with E-state index in [4.69, 9.17) is 15.3 Å². The molecular formula is C7H10O7. The summed E-state index contributed by atoms with van der Waals surface area (Å²) in [6, 6.07) is 0. The monoisotopic (exact) mass is 206 g/mol. The summed E-state index contributed by atoms with van der Waals surface area (Å²) in [4.78, 5) is 31.2. The Hall–Kier alpha value is -1.63. The Bertz CT molecular complexity index is 267. The number of hydrogen-bond acceptors (Lipinski definition) is 4. The standard InChI is InChI=1S/C7H10O7/c1-7(14,6(12)13)3(5(10)11)2-4(8)9/h3,14H,2H2,1H3,(H,8,9)(H,10,11)(H,12,13)/t3-,7+/m0/s1. The van der Waals surface area contributed by atoms with Crippen molar-refractivity contribution in [3.05, 3.63) is 0 Å². The van der Waals surface area contributed by atoms with E-state index >= 15 is 0 Å². The van der Waals surface area contributed by atoms with Crippen LogP contribution in [0.3, 0.4) is 0 Å². The molecule has 80 valence electrons. The van der Waals surface area contributed by atoms with Gasteiger partial charge in [0.2, 0.25) is 0 Å². The van der Waals surface area contributed by atoms with Crippen molar-refractivity contribution in [1.82, 2.24) is 0 Å². The maximum atomic E-state index is 10.5. The lowest BCUT2D eigenvalue weighted by Crippen LogP contribution is -2.47. The van der Waals surface area contributed by atoms with Gasteiger partial charge in [-0.3, -0.25) is 9.59 Å². The molecule has 0 aromatic rings. The largest absolute Gasteiger partial charge is 0.481 e. The maximum Gasteiger partial charge on any atom is 0.336 e. The van der Waals surface area contributed by atoms with Crippen molar-refractivity contribution in [1.29, 1.82) is 0 Å². The molecule has 0 spiro atoms. The summed E-state index contributed by atoms with van der Waals surface area (Å²) >= 11 is 0. The van der Waals surface area contributed by atoms with Crippen molar-refractivity contribution in [2.24, 2.45) is 5.92 Å². The summed E-state index contributed by atoms with van der Waals surface area (Å²) in [5.74, 6) is -6.80. The predicted molar refractivity (Wildman–Crippen MR) is 41.6 cm³/mol. The summed E-state index contributed by atoms with van der Waals surface area (Å²) in [5.41, 5.74) is -2.59. The topological polar surface area (TPSA) is 132 Å². The summed E-state index contributed by atoms with van der Waals surface area (Å²) < 4.78 is 0. The first-order valence-corrected chi connectivity index (χ1v) is 3.60. The molecule has 7 heteroatoms. The van der Waals surface area contributed by atoms with Crippen molar-refractivity contribution >= 4 is 17.9 Å². The third-order valence-electron chi connectivity index (χ3n) is 1.79. The van der Waals surface area contributed by atoms with Crippen LogP contribution in [-0.2, 0) is 14.4 Å². The SMILES string of the molecule is C[C@](O)(C(=O)O)[C@@H](CC(=O)O)C(=O)O. The first-order valence-electron chi connectivity index (χ1n) is 3.60. The van der Waals surface area contributed by atoms with Gasteiger partial charge in [0.15, 0.2) is 5.60 Å². The lowest BCUT2D eigenvalue weighted by Gasteiger charge is -2.23. The molecule has 0 amide bonds. The highest BCUT2D eigenvalue weighted by molar-refractivity contribution is 5.87. The fourth-order valence-corrected chi connectivity index (χ4v) is 0.850. The Balaban J connectivity index is 4.91. The van der Waals surface area contributed by atoms with Gasteiger partial charge in [0, 0.05) is 0 Å². The molecule has 0 heterocycles. The molecule has 0 fully saturated rings. The highest BCUT2D eigenvalue weighted by atomic mass is 16.4. The zero-order valence-corrected chi connectivity index (χ0v) is 7.30. The molecule has 0 aliphatic rings. The predicted octanol–water partition coefficient (Wildman–Crippen LogP) is -1.00. The molecule has 0 saturated carbocycles. The zero-order chi connectivity index (χ0) is 11.5. The summed E-state index contributed by atoms with van der Waals surface area (Å²) in [7, 11) is 0. The Kier molecular flexibility index (Phi) is 3.58. The van der Waals surface area contributed by atoms with Crippen molar-refractivity contribution in [3.8, 4) is 0 Å². The number of rotatable bonds is 5. The fraction of sp³-hybridized carbons (Fsp3) is 0.571. The third kappa shape index (κ3) is 2.70. The molecular weight excluding hydrogens is 196 g/mol. The normalized spacial score (nSPS) is 16.7. The highest BCUT2D eigenvalue weighted by Crippen LogP contribution is 2.21. The second-order valence-electron chi connectivity index (χ2n) is 2.94. The Labute approximate surface area is 78.6 Å². The van der Waals surface area contributed by atoms with Gasteiger partial charge in [0.05, 0.1) is 6.42 Å². The van der Waals surface area contributed by atoms with E-state index < -0.39 is 35.8 Å². The quantitative estimate of drug-likeness (QED) is 0.453. The summed E-state index contributed by atoms with van der Waals surface area (Å²) in [6.07, 6.45) is -0.950. The van der Waals surface area contributed by atoms with E-state index in [1.165, 1.54) is 0 Å².